The summed E-state index contributed by atoms with van der Waals surface area (Å²) >= 11 is 5.99. The van der Waals surface area contributed by atoms with Crippen LogP contribution in [0.4, 0.5) is 0 Å². The number of carbonyl (C=O) groups is 1. The van der Waals surface area contributed by atoms with Gasteiger partial charge in [-0.05, 0) is 12.1 Å². The van der Waals surface area contributed by atoms with E-state index in [4.69, 9.17) is 21.1 Å². The number of rotatable bonds is 5. The molecule has 0 aliphatic carbocycles. The maximum Gasteiger partial charge on any atom is 0.171 e. The average Bonchev–Trinajstić information content (AvgIpc) is 2.39. The van der Waals surface area contributed by atoms with E-state index in [9.17, 15) is 4.79 Å². The van der Waals surface area contributed by atoms with E-state index in [1.54, 1.807) is 6.07 Å². The van der Waals surface area contributed by atoms with Crippen molar-refractivity contribution >= 4 is 17.9 Å². The molecule has 2 heterocycles. The topological polar surface area (TPSA) is 51.7 Å². The van der Waals surface area contributed by atoms with E-state index in [2.05, 4.69) is 9.88 Å². The highest BCUT2D eigenvalue weighted by atomic mass is 35.5. The summed E-state index contributed by atoms with van der Waals surface area (Å²) in [4.78, 5) is 16.7. The van der Waals surface area contributed by atoms with Crippen LogP contribution in [0.2, 0.25) is 5.15 Å². The first kappa shape index (κ1) is 13.3. The van der Waals surface area contributed by atoms with Crippen LogP contribution in [0.1, 0.15) is 5.69 Å². The van der Waals surface area contributed by atoms with E-state index in [1.807, 2.05) is 6.07 Å². The van der Waals surface area contributed by atoms with Gasteiger partial charge < -0.3 is 9.47 Å². The molecule has 0 unspecified atom stereocenters. The molecule has 18 heavy (non-hydrogen) atoms. The third kappa shape index (κ3) is 3.66. The van der Waals surface area contributed by atoms with Gasteiger partial charge in [0.25, 0.3) is 0 Å². The number of hydrogen-bond acceptors (Lipinski definition) is 5. The van der Waals surface area contributed by atoms with Gasteiger partial charge in [-0.1, -0.05) is 11.6 Å². The molecule has 0 spiro atoms. The zero-order valence-electron chi connectivity index (χ0n) is 9.97. The van der Waals surface area contributed by atoms with Gasteiger partial charge in [0.15, 0.2) is 17.2 Å². The number of halogens is 1. The van der Waals surface area contributed by atoms with Gasteiger partial charge in [0.05, 0.1) is 18.9 Å². The first-order valence-corrected chi connectivity index (χ1v) is 6.19. The predicted molar refractivity (Wildman–Crippen MR) is 66.9 cm³/mol. The molecule has 0 amide bonds. The molecule has 1 aromatic heterocycles. The maximum absolute atomic E-state index is 10.2. The Bertz CT molecular complexity index is 408. The normalized spacial score (nSPS) is 16.5. The van der Waals surface area contributed by atoms with Crippen molar-refractivity contribution < 1.29 is 14.3 Å². The van der Waals surface area contributed by atoms with Gasteiger partial charge in [-0.3, -0.25) is 9.69 Å². The van der Waals surface area contributed by atoms with E-state index in [-0.39, 0.29) is 6.61 Å². The fourth-order valence-corrected chi connectivity index (χ4v) is 1.99. The fraction of sp³-hybridized carbons (Fsp3) is 0.500. The minimum atomic E-state index is -0.00971. The van der Waals surface area contributed by atoms with E-state index >= 15 is 0 Å². The number of ether oxygens (including phenoxy) is 2. The monoisotopic (exact) mass is 270 g/mol. The first-order valence-electron chi connectivity index (χ1n) is 5.81. The van der Waals surface area contributed by atoms with E-state index in [0.717, 1.165) is 38.5 Å². The lowest BCUT2D eigenvalue weighted by Gasteiger charge is -2.26. The van der Waals surface area contributed by atoms with Crippen molar-refractivity contribution in [3.05, 3.63) is 23.0 Å². The summed E-state index contributed by atoms with van der Waals surface area (Å²) in [6, 6.07) is 3.61. The summed E-state index contributed by atoms with van der Waals surface area (Å²) in [7, 11) is 0. The Balaban J connectivity index is 1.96. The van der Waals surface area contributed by atoms with Crippen LogP contribution in [0.3, 0.4) is 0 Å². The van der Waals surface area contributed by atoms with Crippen molar-refractivity contribution in [1.82, 2.24) is 9.88 Å². The molecule has 98 valence electrons. The van der Waals surface area contributed by atoms with E-state index in [1.165, 1.54) is 0 Å². The molecule has 2 rings (SSSR count). The minimum absolute atomic E-state index is 0.00971. The predicted octanol–water partition coefficient (Wildman–Crippen LogP) is 1.14. The lowest BCUT2D eigenvalue weighted by Crippen LogP contribution is -2.35. The van der Waals surface area contributed by atoms with Gasteiger partial charge in [-0.15, -0.1) is 0 Å². The van der Waals surface area contributed by atoms with Crippen LogP contribution in [0.5, 0.6) is 5.75 Å². The SMILES string of the molecule is O=CCOc1ccc(CN2CCOCC2)nc1Cl. The Morgan fingerprint density at radius 3 is 2.89 bits per heavy atom. The molecule has 0 saturated carbocycles. The molecule has 0 atom stereocenters. The highest BCUT2D eigenvalue weighted by Gasteiger charge is 2.12. The second-order valence-electron chi connectivity index (χ2n) is 3.96. The number of aldehydes is 1. The summed E-state index contributed by atoms with van der Waals surface area (Å²) in [5.74, 6) is 0.439. The number of hydrogen-bond donors (Lipinski definition) is 0. The molecule has 0 radical (unpaired) electrons. The second kappa shape index (κ2) is 6.68. The lowest BCUT2D eigenvalue weighted by molar-refractivity contribution is -0.109. The Labute approximate surface area is 111 Å². The highest BCUT2D eigenvalue weighted by molar-refractivity contribution is 6.30. The summed E-state index contributed by atoms with van der Waals surface area (Å²) in [6.07, 6.45) is 0.679. The number of nitrogens with zero attached hydrogens (tertiary/aromatic N) is 2. The number of carbonyl (C=O) groups excluding carboxylic acids is 1. The molecule has 5 nitrogen and oxygen atoms in total. The molecule has 1 aromatic rings. The van der Waals surface area contributed by atoms with Crippen molar-refractivity contribution in [1.29, 1.82) is 0 Å². The van der Waals surface area contributed by atoms with Gasteiger partial charge in [0, 0.05) is 19.6 Å². The maximum atomic E-state index is 10.2. The largest absolute Gasteiger partial charge is 0.483 e. The van der Waals surface area contributed by atoms with Crippen molar-refractivity contribution in [2.24, 2.45) is 0 Å². The zero-order valence-corrected chi connectivity index (χ0v) is 10.7. The standard InChI is InChI=1S/C12H15ClN2O3/c13-12-11(18-8-5-16)2-1-10(14-12)9-15-3-6-17-7-4-15/h1-2,5H,3-4,6-9H2. The molecular formula is C12H15ClN2O3. The lowest BCUT2D eigenvalue weighted by atomic mass is 10.3. The van der Waals surface area contributed by atoms with Crippen molar-refractivity contribution in [3.63, 3.8) is 0 Å². The smallest absolute Gasteiger partial charge is 0.171 e. The summed E-state index contributed by atoms with van der Waals surface area (Å²) < 4.78 is 10.4. The summed E-state index contributed by atoms with van der Waals surface area (Å²) in [5, 5.41) is 0.294. The molecule has 1 aliphatic heterocycles. The molecule has 0 N–H and O–H groups in total. The van der Waals surface area contributed by atoms with Crippen LogP contribution in [0.15, 0.2) is 12.1 Å². The van der Waals surface area contributed by atoms with Gasteiger partial charge in [-0.2, -0.15) is 0 Å². The minimum Gasteiger partial charge on any atom is -0.483 e. The molecule has 0 bridgehead atoms. The molecule has 1 aliphatic rings. The molecule has 1 fully saturated rings. The highest BCUT2D eigenvalue weighted by Crippen LogP contribution is 2.22. The number of aromatic nitrogens is 1. The third-order valence-electron chi connectivity index (χ3n) is 2.67. The van der Waals surface area contributed by atoms with E-state index < -0.39 is 0 Å². The van der Waals surface area contributed by atoms with Crippen LogP contribution in [-0.4, -0.2) is 49.1 Å². The van der Waals surface area contributed by atoms with Gasteiger partial charge in [0.2, 0.25) is 0 Å². The van der Waals surface area contributed by atoms with Crippen molar-refractivity contribution in [2.75, 3.05) is 32.9 Å². The van der Waals surface area contributed by atoms with Crippen LogP contribution < -0.4 is 4.74 Å². The van der Waals surface area contributed by atoms with Gasteiger partial charge in [-0.25, -0.2) is 4.98 Å². The summed E-state index contributed by atoms with van der Waals surface area (Å²) in [6.45, 7) is 4.06. The Morgan fingerprint density at radius 2 is 2.22 bits per heavy atom. The van der Waals surface area contributed by atoms with Gasteiger partial charge >= 0.3 is 0 Å². The van der Waals surface area contributed by atoms with Gasteiger partial charge in [0.1, 0.15) is 6.61 Å². The first-order chi connectivity index (χ1) is 8.79. The number of pyridine rings is 1. The Kier molecular flexibility index (Phi) is 4.92. The Hall–Kier alpha value is -1.17. The quantitative estimate of drug-likeness (QED) is 0.593. The van der Waals surface area contributed by atoms with Crippen LogP contribution in [0.25, 0.3) is 0 Å². The third-order valence-corrected chi connectivity index (χ3v) is 2.94. The average molecular weight is 271 g/mol. The number of morpholine rings is 1. The van der Waals surface area contributed by atoms with Crippen LogP contribution >= 0.6 is 11.6 Å². The fourth-order valence-electron chi connectivity index (χ4n) is 1.77. The van der Waals surface area contributed by atoms with Crippen molar-refractivity contribution in [2.45, 2.75) is 6.54 Å². The van der Waals surface area contributed by atoms with Crippen LogP contribution in [-0.2, 0) is 16.1 Å². The molecule has 0 aromatic carbocycles. The molecular weight excluding hydrogens is 256 g/mol. The second-order valence-corrected chi connectivity index (χ2v) is 4.32. The molecule has 1 saturated heterocycles. The van der Waals surface area contributed by atoms with Crippen LogP contribution in [0, 0.1) is 0 Å². The summed E-state index contributed by atoms with van der Waals surface area (Å²) in [5.41, 5.74) is 0.889. The Morgan fingerprint density at radius 1 is 1.44 bits per heavy atom. The molecule has 6 heteroatoms. The zero-order chi connectivity index (χ0) is 12.8. The van der Waals surface area contributed by atoms with E-state index in [0.29, 0.717) is 17.2 Å². The van der Waals surface area contributed by atoms with Crippen molar-refractivity contribution in [3.8, 4) is 5.75 Å².